The Kier molecular flexibility index (Phi) is 4.52. The van der Waals surface area contributed by atoms with Gasteiger partial charge in [-0.1, -0.05) is 39.0 Å². The summed E-state index contributed by atoms with van der Waals surface area (Å²) in [5, 5.41) is 0. The maximum absolute atomic E-state index is 11.2. The first-order valence-corrected chi connectivity index (χ1v) is 7.64. The van der Waals surface area contributed by atoms with Gasteiger partial charge in [-0.2, -0.15) is 0 Å². The molecule has 3 nitrogen and oxygen atoms in total. The number of amides is 1. The molecule has 2 aliphatic rings. The number of hydrogen-bond acceptors (Lipinski definition) is 2. The first-order valence-electron chi connectivity index (χ1n) is 7.64. The van der Waals surface area contributed by atoms with Crippen molar-refractivity contribution in [1.82, 2.24) is 0 Å². The summed E-state index contributed by atoms with van der Waals surface area (Å²) in [6, 6.07) is 0. The second-order valence-electron chi connectivity index (χ2n) is 6.26. The van der Waals surface area contributed by atoms with E-state index in [2.05, 4.69) is 6.92 Å². The highest BCUT2D eigenvalue weighted by Crippen LogP contribution is 2.47. The van der Waals surface area contributed by atoms with Crippen molar-refractivity contribution >= 4 is 6.09 Å². The van der Waals surface area contributed by atoms with E-state index in [1.807, 2.05) is 0 Å². The molecule has 0 aromatic heterocycles. The second kappa shape index (κ2) is 5.94. The summed E-state index contributed by atoms with van der Waals surface area (Å²) in [6.45, 7) is 2.18. The predicted molar refractivity (Wildman–Crippen MR) is 72.2 cm³/mol. The SMILES string of the molecule is CCCCC1(OC(N)=O)CCC2CCCCC2C1. The molecular formula is C15H27NO2. The number of primary amides is 1. The van der Waals surface area contributed by atoms with E-state index in [-0.39, 0.29) is 5.60 Å². The van der Waals surface area contributed by atoms with E-state index >= 15 is 0 Å². The van der Waals surface area contributed by atoms with Gasteiger partial charge in [-0.3, -0.25) is 0 Å². The Hall–Kier alpha value is -0.730. The van der Waals surface area contributed by atoms with Crippen molar-refractivity contribution < 1.29 is 9.53 Å². The van der Waals surface area contributed by atoms with Crippen LogP contribution in [-0.4, -0.2) is 11.7 Å². The molecule has 3 heteroatoms. The van der Waals surface area contributed by atoms with Crippen molar-refractivity contribution in [2.24, 2.45) is 17.6 Å². The molecule has 2 N–H and O–H groups in total. The summed E-state index contributed by atoms with van der Waals surface area (Å²) < 4.78 is 5.57. The molecule has 0 saturated heterocycles. The first-order chi connectivity index (χ1) is 8.65. The highest BCUT2D eigenvalue weighted by Gasteiger charge is 2.43. The summed E-state index contributed by atoms with van der Waals surface area (Å²) in [4.78, 5) is 11.2. The van der Waals surface area contributed by atoms with Crippen molar-refractivity contribution in [2.75, 3.05) is 0 Å². The van der Waals surface area contributed by atoms with Crippen LogP contribution in [0, 0.1) is 11.8 Å². The predicted octanol–water partition coefficient (Wildman–Crippen LogP) is 4.00. The highest BCUT2D eigenvalue weighted by atomic mass is 16.6. The summed E-state index contributed by atoms with van der Waals surface area (Å²) in [5.41, 5.74) is 5.05. The number of carbonyl (C=O) groups is 1. The minimum atomic E-state index is -0.583. The minimum absolute atomic E-state index is 0.236. The monoisotopic (exact) mass is 253 g/mol. The third kappa shape index (κ3) is 3.18. The lowest BCUT2D eigenvalue weighted by Gasteiger charge is -2.46. The summed E-state index contributed by atoms with van der Waals surface area (Å²) >= 11 is 0. The zero-order valence-electron chi connectivity index (χ0n) is 11.6. The second-order valence-corrected chi connectivity index (χ2v) is 6.26. The van der Waals surface area contributed by atoms with Gasteiger partial charge in [0.1, 0.15) is 5.60 Å². The maximum Gasteiger partial charge on any atom is 0.405 e. The quantitative estimate of drug-likeness (QED) is 0.823. The standard InChI is InChI=1S/C15H27NO2/c1-2-3-9-15(18-14(16)17)10-8-12-6-4-5-7-13(12)11-15/h12-13H,2-11H2,1H3,(H2,16,17). The molecule has 3 unspecified atom stereocenters. The van der Waals surface area contributed by atoms with E-state index in [1.54, 1.807) is 0 Å². The van der Waals surface area contributed by atoms with Crippen molar-refractivity contribution in [2.45, 2.75) is 76.7 Å². The van der Waals surface area contributed by atoms with Crippen molar-refractivity contribution in [3.8, 4) is 0 Å². The molecule has 1 amide bonds. The van der Waals surface area contributed by atoms with E-state index in [0.29, 0.717) is 0 Å². The highest BCUT2D eigenvalue weighted by molar-refractivity contribution is 5.65. The van der Waals surface area contributed by atoms with Gasteiger partial charge in [-0.25, -0.2) is 4.79 Å². The van der Waals surface area contributed by atoms with Crippen LogP contribution in [0.5, 0.6) is 0 Å². The Morgan fingerprint density at radius 2 is 2.00 bits per heavy atom. The Labute approximate surface area is 110 Å². The molecule has 2 rings (SSSR count). The lowest BCUT2D eigenvalue weighted by atomic mass is 9.65. The molecule has 2 aliphatic carbocycles. The fraction of sp³-hybridized carbons (Fsp3) is 0.933. The summed E-state index contributed by atoms with van der Waals surface area (Å²) in [5.74, 6) is 1.65. The smallest absolute Gasteiger partial charge is 0.405 e. The van der Waals surface area contributed by atoms with Gasteiger partial charge >= 0.3 is 6.09 Å². The molecule has 0 aromatic rings. The summed E-state index contributed by atoms with van der Waals surface area (Å²) in [7, 11) is 0. The van der Waals surface area contributed by atoms with Gasteiger partial charge in [0.25, 0.3) is 0 Å². The van der Waals surface area contributed by atoms with Crippen LogP contribution in [0.25, 0.3) is 0 Å². The lowest BCUT2D eigenvalue weighted by Crippen LogP contribution is -2.45. The van der Waals surface area contributed by atoms with Crippen LogP contribution >= 0.6 is 0 Å². The van der Waals surface area contributed by atoms with Crippen LogP contribution in [0.4, 0.5) is 4.79 Å². The van der Waals surface area contributed by atoms with Gasteiger partial charge in [0, 0.05) is 0 Å². The Morgan fingerprint density at radius 3 is 2.67 bits per heavy atom. The minimum Gasteiger partial charge on any atom is -0.443 e. The fourth-order valence-corrected chi connectivity index (χ4v) is 4.04. The van der Waals surface area contributed by atoms with Crippen LogP contribution in [0.3, 0.4) is 0 Å². The molecule has 0 aromatic carbocycles. The topological polar surface area (TPSA) is 52.3 Å². The van der Waals surface area contributed by atoms with Crippen LogP contribution in [0.1, 0.15) is 71.1 Å². The van der Waals surface area contributed by atoms with Gasteiger partial charge in [-0.05, 0) is 43.9 Å². The first kappa shape index (κ1) is 13.7. The van der Waals surface area contributed by atoms with Gasteiger partial charge in [0.15, 0.2) is 0 Å². The lowest BCUT2D eigenvalue weighted by molar-refractivity contribution is -0.0587. The molecule has 104 valence electrons. The zero-order valence-corrected chi connectivity index (χ0v) is 11.6. The molecule has 0 heterocycles. The third-order valence-electron chi connectivity index (χ3n) is 4.97. The molecule has 0 aliphatic heterocycles. The average molecular weight is 253 g/mol. The van der Waals surface area contributed by atoms with Crippen LogP contribution < -0.4 is 5.73 Å². The molecule has 2 fully saturated rings. The average Bonchev–Trinajstić information content (AvgIpc) is 2.35. The van der Waals surface area contributed by atoms with Gasteiger partial charge in [-0.15, -0.1) is 0 Å². The van der Waals surface area contributed by atoms with E-state index in [0.717, 1.165) is 43.9 Å². The number of hydrogen-bond donors (Lipinski definition) is 1. The zero-order chi connectivity index (χ0) is 13.0. The normalized spacial score (nSPS) is 35.8. The largest absolute Gasteiger partial charge is 0.443 e. The Balaban J connectivity index is 2.02. The number of ether oxygens (including phenoxy) is 1. The Morgan fingerprint density at radius 1 is 1.28 bits per heavy atom. The van der Waals surface area contributed by atoms with E-state index < -0.39 is 6.09 Å². The molecule has 18 heavy (non-hydrogen) atoms. The molecule has 3 atom stereocenters. The van der Waals surface area contributed by atoms with E-state index in [4.69, 9.17) is 10.5 Å². The van der Waals surface area contributed by atoms with Crippen molar-refractivity contribution in [3.05, 3.63) is 0 Å². The molecular weight excluding hydrogens is 226 g/mol. The molecule has 2 saturated carbocycles. The van der Waals surface area contributed by atoms with Crippen LogP contribution in [0.2, 0.25) is 0 Å². The third-order valence-corrected chi connectivity index (χ3v) is 4.97. The van der Waals surface area contributed by atoms with Crippen molar-refractivity contribution in [1.29, 1.82) is 0 Å². The Bertz CT molecular complexity index is 292. The van der Waals surface area contributed by atoms with Crippen molar-refractivity contribution in [3.63, 3.8) is 0 Å². The van der Waals surface area contributed by atoms with Gasteiger partial charge < -0.3 is 10.5 Å². The van der Waals surface area contributed by atoms with Gasteiger partial charge in [0.2, 0.25) is 0 Å². The fourth-order valence-electron chi connectivity index (χ4n) is 4.04. The molecule has 0 bridgehead atoms. The van der Waals surface area contributed by atoms with Crippen LogP contribution in [-0.2, 0) is 4.74 Å². The number of fused-ring (bicyclic) bond motifs is 1. The summed E-state index contributed by atoms with van der Waals surface area (Å²) in [6.07, 6.45) is 11.4. The number of carbonyl (C=O) groups excluding carboxylic acids is 1. The maximum atomic E-state index is 11.2. The number of rotatable bonds is 4. The van der Waals surface area contributed by atoms with E-state index in [9.17, 15) is 4.79 Å². The molecule has 0 spiro atoms. The number of nitrogens with two attached hydrogens (primary N) is 1. The van der Waals surface area contributed by atoms with Crippen LogP contribution in [0.15, 0.2) is 0 Å². The number of unbranched alkanes of at least 4 members (excludes halogenated alkanes) is 1. The van der Waals surface area contributed by atoms with Gasteiger partial charge in [0.05, 0.1) is 0 Å². The van der Waals surface area contributed by atoms with E-state index in [1.165, 1.54) is 32.1 Å². The molecule has 0 radical (unpaired) electrons.